The molecule has 0 spiro atoms. The number of aryl methyl sites for hydroxylation is 1. The fourth-order valence-corrected chi connectivity index (χ4v) is 4.82. The minimum atomic E-state index is -3.80. The second-order valence-electron chi connectivity index (χ2n) is 8.68. The van der Waals surface area contributed by atoms with Gasteiger partial charge in [0.2, 0.25) is 0 Å². The van der Waals surface area contributed by atoms with Gasteiger partial charge in [-0.2, -0.15) is 8.78 Å². The number of carbonyl (C=O) groups excluding carboxylic acids is 1. The van der Waals surface area contributed by atoms with Gasteiger partial charge in [-0.1, -0.05) is 6.58 Å². The topological polar surface area (TPSA) is 52.6 Å². The van der Waals surface area contributed by atoms with E-state index in [0.717, 1.165) is 24.3 Å². The summed E-state index contributed by atoms with van der Waals surface area (Å²) in [4.78, 5) is 14.1. The first-order chi connectivity index (χ1) is 15.5. The Hall–Kier alpha value is -2.94. The van der Waals surface area contributed by atoms with Gasteiger partial charge in [0.15, 0.2) is 11.6 Å². The maximum absolute atomic E-state index is 15.4. The van der Waals surface area contributed by atoms with E-state index in [2.05, 4.69) is 11.9 Å². The number of amides is 1. The lowest BCUT2D eigenvalue weighted by Gasteiger charge is -2.42. The van der Waals surface area contributed by atoms with Crippen molar-refractivity contribution in [2.75, 3.05) is 5.32 Å². The fourth-order valence-electron chi connectivity index (χ4n) is 4.82. The molecule has 2 aliphatic heterocycles. The zero-order chi connectivity index (χ0) is 24.1. The molecule has 2 aromatic rings. The highest BCUT2D eigenvalue weighted by molar-refractivity contribution is 6.04. The Morgan fingerprint density at radius 1 is 1.09 bits per heavy atom. The van der Waals surface area contributed by atoms with Crippen molar-refractivity contribution >= 4 is 11.6 Å². The van der Waals surface area contributed by atoms with Crippen molar-refractivity contribution in [3.8, 4) is 0 Å². The third kappa shape index (κ3) is 4.21. The van der Waals surface area contributed by atoms with Crippen LogP contribution in [0.2, 0.25) is 0 Å². The van der Waals surface area contributed by atoms with Crippen LogP contribution in [0.25, 0.3) is 0 Å². The van der Waals surface area contributed by atoms with E-state index in [1.807, 2.05) is 0 Å². The van der Waals surface area contributed by atoms with E-state index >= 15 is 8.78 Å². The van der Waals surface area contributed by atoms with E-state index in [-0.39, 0.29) is 28.9 Å². The summed E-state index contributed by atoms with van der Waals surface area (Å²) < 4.78 is 72.4. The molecular formula is C24H23F5N2O2. The first-order valence-electron chi connectivity index (χ1n) is 10.6. The summed E-state index contributed by atoms with van der Waals surface area (Å²) in [5, 5.41) is 12.2. The molecule has 0 aliphatic carbocycles. The lowest BCUT2D eigenvalue weighted by molar-refractivity contribution is -0.0280. The van der Waals surface area contributed by atoms with Crippen molar-refractivity contribution in [2.45, 2.75) is 56.7 Å². The number of hydrogen-bond acceptors (Lipinski definition) is 3. The molecule has 33 heavy (non-hydrogen) atoms. The number of fused-ring (bicyclic) bond motifs is 2. The van der Waals surface area contributed by atoms with E-state index in [4.69, 9.17) is 0 Å². The zero-order valence-corrected chi connectivity index (χ0v) is 17.8. The van der Waals surface area contributed by atoms with Crippen LogP contribution in [0, 0.1) is 24.4 Å². The molecule has 2 aliphatic rings. The summed E-state index contributed by atoms with van der Waals surface area (Å²) in [6.07, 6.45) is 1.38. The summed E-state index contributed by atoms with van der Waals surface area (Å²) >= 11 is 0. The van der Waals surface area contributed by atoms with Crippen LogP contribution in [0.4, 0.5) is 27.6 Å². The Kier molecular flexibility index (Phi) is 5.94. The predicted molar refractivity (Wildman–Crippen MR) is 112 cm³/mol. The molecule has 3 atom stereocenters. The number of piperidine rings is 1. The van der Waals surface area contributed by atoms with Crippen molar-refractivity contribution in [3.05, 3.63) is 76.7 Å². The lowest BCUT2D eigenvalue weighted by Crippen LogP contribution is -2.47. The number of aliphatic hydroxyl groups excluding tert-OH is 1. The molecule has 2 fully saturated rings. The minimum Gasteiger partial charge on any atom is -0.393 e. The molecule has 2 aromatic carbocycles. The molecule has 0 aromatic heterocycles. The zero-order valence-electron chi connectivity index (χ0n) is 17.8. The molecular weight excluding hydrogens is 443 g/mol. The third-order valence-electron chi connectivity index (χ3n) is 6.42. The van der Waals surface area contributed by atoms with Gasteiger partial charge < -0.3 is 15.3 Å². The standard InChI is InChI=1S/C24H23F5N2O2/c1-12-7-15(9-21(26)22(12)27)30-23(33)14-3-6-20(25)19(8-14)24(28,29)13(2)31-16-4-5-17(31)11-18(32)10-16/h3,6-9,16-18,32H,2,4-5,10-11H2,1H3,(H,30,33)/t16-,17?,18?/m1/s1. The van der Waals surface area contributed by atoms with E-state index in [1.54, 1.807) is 0 Å². The number of nitrogens with one attached hydrogen (secondary N) is 1. The van der Waals surface area contributed by atoms with Gasteiger partial charge in [0.25, 0.3) is 5.91 Å². The lowest BCUT2D eigenvalue weighted by atomic mass is 9.95. The second kappa shape index (κ2) is 8.44. The van der Waals surface area contributed by atoms with Gasteiger partial charge in [0.1, 0.15) is 5.82 Å². The number of rotatable bonds is 5. The Balaban J connectivity index is 1.60. The van der Waals surface area contributed by atoms with Gasteiger partial charge in [-0.05, 0) is 62.4 Å². The fraction of sp³-hybridized carbons (Fsp3) is 0.375. The molecule has 9 heteroatoms. The number of hydrogen-bond donors (Lipinski definition) is 2. The van der Waals surface area contributed by atoms with E-state index in [9.17, 15) is 23.1 Å². The molecule has 4 nitrogen and oxygen atoms in total. The van der Waals surface area contributed by atoms with Crippen molar-refractivity contribution < 1.29 is 31.9 Å². The van der Waals surface area contributed by atoms with Crippen LogP contribution in [-0.4, -0.2) is 34.1 Å². The van der Waals surface area contributed by atoms with E-state index in [1.165, 1.54) is 17.9 Å². The van der Waals surface area contributed by atoms with Crippen LogP contribution in [0.15, 0.2) is 42.6 Å². The highest BCUT2D eigenvalue weighted by Gasteiger charge is 2.49. The molecule has 2 unspecified atom stereocenters. The highest BCUT2D eigenvalue weighted by Crippen LogP contribution is 2.46. The van der Waals surface area contributed by atoms with Gasteiger partial charge in [-0.25, -0.2) is 13.2 Å². The van der Waals surface area contributed by atoms with Crippen LogP contribution in [0.3, 0.4) is 0 Å². The van der Waals surface area contributed by atoms with Gasteiger partial charge in [-0.15, -0.1) is 0 Å². The Bertz CT molecular complexity index is 1080. The molecule has 176 valence electrons. The molecule has 2 heterocycles. The van der Waals surface area contributed by atoms with Crippen molar-refractivity contribution in [2.24, 2.45) is 0 Å². The maximum atomic E-state index is 15.4. The average Bonchev–Trinajstić information content (AvgIpc) is 3.02. The molecule has 0 radical (unpaired) electrons. The van der Waals surface area contributed by atoms with Crippen molar-refractivity contribution in [1.82, 2.24) is 4.90 Å². The average molecular weight is 466 g/mol. The largest absolute Gasteiger partial charge is 0.393 e. The SMILES string of the molecule is C=C(N1C2CC[C@@H]1CC(O)C2)C(F)(F)c1cc(C(=O)Nc2cc(C)c(F)c(F)c2)ccc1F. The first-order valence-corrected chi connectivity index (χ1v) is 10.6. The number of nitrogens with zero attached hydrogens (tertiary/aromatic N) is 1. The molecule has 4 rings (SSSR count). The van der Waals surface area contributed by atoms with Crippen LogP contribution in [0.1, 0.15) is 47.2 Å². The number of alkyl halides is 2. The first kappa shape index (κ1) is 23.2. The van der Waals surface area contributed by atoms with Crippen molar-refractivity contribution in [3.63, 3.8) is 0 Å². The molecule has 0 saturated carbocycles. The Morgan fingerprint density at radius 2 is 1.73 bits per heavy atom. The maximum Gasteiger partial charge on any atom is 0.314 e. The quantitative estimate of drug-likeness (QED) is 0.592. The molecule has 1 amide bonds. The van der Waals surface area contributed by atoms with Crippen LogP contribution >= 0.6 is 0 Å². The number of halogens is 5. The third-order valence-corrected chi connectivity index (χ3v) is 6.42. The predicted octanol–water partition coefficient (Wildman–Crippen LogP) is 5.26. The van der Waals surface area contributed by atoms with E-state index in [0.29, 0.717) is 25.7 Å². The van der Waals surface area contributed by atoms with Crippen molar-refractivity contribution in [1.29, 1.82) is 0 Å². The number of aliphatic hydroxyl groups is 1. The number of anilines is 1. The Morgan fingerprint density at radius 3 is 2.33 bits per heavy atom. The Labute approximate surface area is 187 Å². The van der Waals surface area contributed by atoms with Crippen LogP contribution < -0.4 is 5.32 Å². The van der Waals surface area contributed by atoms with Gasteiger partial charge in [0, 0.05) is 29.4 Å². The summed E-state index contributed by atoms with van der Waals surface area (Å²) in [6, 6.07) is 3.88. The molecule has 2 N–H and O–H groups in total. The van der Waals surface area contributed by atoms with Crippen LogP contribution in [-0.2, 0) is 5.92 Å². The molecule has 2 bridgehead atoms. The number of allylic oxidation sites excluding steroid dienone is 1. The molecule has 2 saturated heterocycles. The summed E-state index contributed by atoms with van der Waals surface area (Å²) in [5.41, 5.74) is -1.98. The number of carbonyl (C=O) groups is 1. The van der Waals surface area contributed by atoms with Gasteiger partial charge in [-0.3, -0.25) is 4.79 Å². The highest BCUT2D eigenvalue weighted by atomic mass is 19.3. The minimum absolute atomic E-state index is 0.0470. The summed E-state index contributed by atoms with van der Waals surface area (Å²) in [5.74, 6) is -8.12. The van der Waals surface area contributed by atoms with Gasteiger partial charge in [0.05, 0.1) is 17.4 Å². The smallest absolute Gasteiger partial charge is 0.314 e. The summed E-state index contributed by atoms with van der Waals surface area (Å²) in [7, 11) is 0. The van der Waals surface area contributed by atoms with E-state index < -0.39 is 46.6 Å². The van der Waals surface area contributed by atoms with Crippen LogP contribution in [0.5, 0.6) is 0 Å². The second-order valence-corrected chi connectivity index (χ2v) is 8.68. The summed E-state index contributed by atoms with van der Waals surface area (Å²) in [6.45, 7) is 4.86. The monoisotopic (exact) mass is 466 g/mol. The normalized spacial score (nSPS) is 22.4. The number of benzene rings is 2. The van der Waals surface area contributed by atoms with Gasteiger partial charge >= 0.3 is 5.92 Å².